The highest BCUT2D eigenvalue weighted by Crippen LogP contribution is 2.41. The molecule has 0 radical (unpaired) electrons. The Bertz CT molecular complexity index is 1390. The number of carbonyl (C=O) groups excluding carboxylic acids is 2. The third-order valence-electron chi connectivity index (χ3n) is 5.52. The standard InChI is InChI=1S/C26H14Cl4N2O2/c27-15-7-3-9-19(23(15)29)31-17-11-12-18(32-20-10-4-8-16(28)24(20)30)22-21(17)25(33)13-5-1-2-6-14(13)26(22)34/h1-12,31-32H. The molecule has 1 aliphatic rings. The fourth-order valence-corrected chi connectivity index (χ4v) is 4.62. The molecular formula is C26H14Cl4N2O2. The third-order valence-corrected chi connectivity index (χ3v) is 7.16. The first-order valence-electron chi connectivity index (χ1n) is 10.1. The Balaban J connectivity index is 1.70. The molecule has 0 amide bonds. The molecule has 34 heavy (non-hydrogen) atoms. The number of hydrogen-bond acceptors (Lipinski definition) is 4. The van der Waals surface area contributed by atoms with Crippen molar-refractivity contribution in [1.29, 1.82) is 0 Å². The van der Waals surface area contributed by atoms with Crippen LogP contribution in [0.3, 0.4) is 0 Å². The maximum atomic E-state index is 13.6. The fourth-order valence-electron chi connectivity index (χ4n) is 3.92. The monoisotopic (exact) mass is 526 g/mol. The summed E-state index contributed by atoms with van der Waals surface area (Å²) >= 11 is 25.0. The second-order valence-corrected chi connectivity index (χ2v) is 9.14. The molecule has 0 heterocycles. The van der Waals surface area contributed by atoms with E-state index in [9.17, 15) is 9.59 Å². The summed E-state index contributed by atoms with van der Waals surface area (Å²) in [7, 11) is 0. The van der Waals surface area contributed by atoms with Gasteiger partial charge in [-0.15, -0.1) is 0 Å². The first kappa shape index (κ1) is 22.8. The van der Waals surface area contributed by atoms with E-state index >= 15 is 0 Å². The fraction of sp³-hybridized carbons (Fsp3) is 0. The highest BCUT2D eigenvalue weighted by Gasteiger charge is 2.34. The Morgan fingerprint density at radius 1 is 0.471 bits per heavy atom. The zero-order valence-electron chi connectivity index (χ0n) is 17.3. The minimum atomic E-state index is -0.285. The smallest absolute Gasteiger partial charge is 0.196 e. The van der Waals surface area contributed by atoms with Crippen LogP contribution >= 0.6 is 46.4 Å². The third kappa shape index (κ3) is 3.83. The highest BCUT2D eigenvalue weighted by molar-refractivity contribution is 6.44. The Morgan fingerprint density at radius 2 is 0.882 bits per heavy atom. The van der Waals surface area contributed by atoms with E-state index < -0.39 is 0 Å². The summed E-state index contributed by atoms with van der Waals surface area (Å²) in [6.07, 6.45) is 0. The number of nitrogens with one attached hydrogen (secondary N) is 2. The van der Waals surface area contributed by atoms with Gasteiger partial charge in [0.1, 0.15) is 0 Å². The molecule has 0 fully saturated rings. The minimum absolute atomic E-state index is 0.225. The Kier molecular flexibility index (Phi) is 6.00. The molecule has 0 atom stereocenters. The summed E-state index contributed by atoms with van der Waals surface area (Å²) in [6, 6.07) is 20.4. The van der Waals surface area contributed by atoms with E-state index in [4.69, 9.17) is 46.4 Å². The van der Waals surface area contributed by atoms with E-state index in [-0.39, 0.29) is 22.7 Å². The molecule has 0 saturated heterocycles. The van der Waals surface area contributed by atoms with Crippen LogP contribution in [0.2, 0.25) is 20.1 Å². The van der Waals surface area contributed by atoms with Gasteiger partial charge in [0.15, 0.2) is 11.6 Å². The molecule has 1 aliphatic carbocycles. The molecular weight excluding hydrogens is 514 g/mol. The molecule has 0 aromatic heterocycles. The first-order chi connectivity index (χ1) is 16.4. The van der Waals surface area contributed by atoms with Crippen molar-refractivity contribution in [3.63, 3.8) is 0 Å². The van der Waals surface area contributed by atoms with E-state index in [1.54, 1.807) is 72.8 Å². The number of ketones is 2. The quantitative estimate of drug-likeness (QED) is 0.246. The average Bonchev–Trinajstić information content (AvgIpc) is 2.84. The number of benzene rings is 4. The van der Waals surface area contributed by atoms with Gasteiger partial charge in [0, 0.05) is 11.1 Å². The van der Waals surface area contributed by atoms with Gasteiger partial charge >= 0.3 is 0 Å². The molecule has 0 saturated carbocycles. The summed E-state index contributed by atoms with van der Waals surface area (Å²) in [6.45, 7) is 0. The lowest BCUT2D eigenvalue weighted by Crippen LogP contribution is -2.23. The predicted molar refractivity (Wildman–Crippen MR) is 139 cm³/mol. The van der Waals surface area contributed by atoms with E-state index in [1.165, 1.54) is 0 Å². The molecule has 0 bridgehead atoms. The number of halogens is 4. The van der Waals surface area contributed by atoms with Crippen molar-refractivity contribution in [2.45, 2.75) is 0 Å². The highest BCUT2D eigenvalue weighted by atomic mass is 35.5. The Hall–Kier alpha value is -3.02. The summed E-state index contributed by atoms with van der Waals surface area (Å²) in [5.41, 5.74) is 2.98. The van der Waals surface area contributed by atoms with E-state index in [1.807, 2.05) is 0 Å². The molecule has 4 aromatic carbocycles. The van der Waals surface area contributed by atoms with Crippen molar-refractivity contribution in [2.75, 3.05) is 10.6 Å². The normalized spacial score (nSPS) is 12.2. The molecule has 4 aromatic rings. The van der Waals surface area contributed by atoms with Gasteiger partial charge in [-0.1, -0.05) is 82.8 Å². The van der Waals surface area contributed by atoms with Gasteiger partial charge in [0.25, 0.3) is 0 Å². The van der Waals surface area contributed by atoms with Crippen LogP contribution in [0.1, 0.15) is 31.8 Å². The maximum Gasteiger partial charge on any atom is 0.196 e. The van der Waals surface area contributed by atoms with Crippen LogP contribution in [-0.2, 0) is 0 Å². The molecule has 5 rings (SSSR count). The molecule has 0 spiro atoms. The van der Waals surface area contributed by atoms with Gasteiger partial charge < -0.3 is 10.6 Å². The van der Waals surface area contributed by atoms with Gasteiger partial charge in [-0.2, -0.15) is 0 Å². The average molecular weight is 528 g/mol. The molecule has 0 unspecified atom stereocenters. The van der Waals surface area contributed by atoms with Gasteiger partial charge in [-0.25, -0.2) is 0 Å². The summed E-state index contributed by atoms with van der Waals surface area (Å²) < 4.78 is 0. The van der Waals surface area contributed by atoms with E-state index in [2.05, 4.69) is 10.6 Å². The second kappa shape index (κ2) is 8.97. The van der Waals surface area contributed by atoms with Crippen molar-refractivity contribution in [3.05, 3.63) is 115 Å². The molecule has 4 nitrogen and oxygen atoms in total. The van der Waals surface area contributed by atoms with Crippen LogP contribution in [0.25, 0.3) is 0 Å². The summed E-state index contributed by atoms with van der Waals surface area (Å²) in [5.74, 6) is -0.571. The zero-order valence-corrected chi connectivity index (χ0v) is 20.3. The molecule has 8 heteroatoms. The van der Waals surface area contributed by atoms with Crippen LogP contribution < -0.4 is 10.6 Å². The SMILES string of the molecule is O=C1c2ccccc2C(=O)c2c(Nc3cccc(Cl)c3Cl)ccc(Nc3cccc(Cl)c3Cl)c21. The second-order valence-electron chi connectivity index (χ2n) is 7.57. The lowest BCUT2D eigenvalue weighted by molar-refractivity contribution is 0.0980. The number of hydrogen-bond donors (Lipinski definition) is 2. The van der Waals surface area contributed by atoms with Gasteiger partial charge in [0.2, 0.25) is 0 Å². The van der Waals surface area contributed by atoms with Gasteiger partial charge in [-0.3, -0.25) is 9.59 Å². The molecule has 2 N–H and O–H groups in total. The molecule has 0 aliphatic heterocycles. The van der Waals surface area contributed by atoms with E-state index in [0.29, 0.717) is 54.0 Å². The minimum Gasteiger partial charge on any atom is -0.354 e. The van der Waals surface area contributed by atoms with Crippen LogP contribution in [0.5, 0.6) is 0 Å². The van der Waals surface area contributed by atoms with Crippen molar-refractivity contribution >= 4 is 80.7 Å². The number of rotatable bonds is 4. The Morgan fingerprint density at radius 3 is 1.29 bits per heavy atom. The van der Waals surface area contributed by atoms with Crippen LogP contribution in [0.15, 0.2) is 72.8 Å². The van der Waals surface area contributed by atoms with Crippen molar-refractivity contribution < 1.29 is 9.59 Å². The van der Waals surface area contributed by atoms with Gasteiger partial charge in [-0.05, 0) is 36.4 Å². The number of anilines is 4. The van der Waals surface area contributed by atoms with Gasteiger partial charge in [0.05, 0.1) is 54.0 Å². The predicted octanol–water partition coefficient (Wildman–Crippen LogP) is 8.56. The summed E-state index contributed by atoms with van der Waals surface area (Å²) in [5, 5.41) is 7.68. The number of fused-ring (bicyclic) bond motifs is 2. The zero-order chi connectivity index (χ0) is 24.0. The van der Waals surface area contributed by atoms with Crippen molar-refractivity contribution in [3.8, 4) is 0 Å². The molecule has 168 valence electrons. The van der Waals surface area contributed by atoms with Crippen LogP contribution in [0.4, 0.5) is 22.7 Å². The topological polar surface area (TPSA) is 58.2 Å². The Labute approximate surface area is 215 Å². The maximum absolute atomic E-state index is 13.6. The first-order valence-corrected chi connectivity index (χ1v) is 11.7. The van der Waals surface area contributed by atoms with E-state index in [0.717, 1.165) is 0 Å². The van der Waals surface area contributed by atoms with Crippen molar-refractivity contribution in [2.24, 2.45) is 0 Å². The lowest BCUT2D eigenvalue weighted by Gasteiger charge is -2.24. The number of carbonyl (C=O) groups is 2. The van der Waals surface area contributed by atoms with Crippen LogP contribution in [-0.4, -0.2) is 11.6 Å². The largest absolute Gasteiger partial charge is 0.354 e. The summed E-state index contributed by atoms with van der Waals surface area (Å²) in [4.78, 5) is 27.2. The van der Waals surface area contributed by atoms with Crippen molar-refractivity contribution in [1.82, 2.24) is 0 Å². The lowest BCUT2D eigenvalue weighted by atomic mass is 9.82. The van der Waals surface area contributed by atoms with Crippen LogP contribution in [0, 0.1) is 0 Å².